The topological polar surface area (TPSA) is 51.7 Å². The van der Waals surface area contributed by atoms with Gasteiger partial charge in [-0.15, -0.1) is 0 Å². The lowest BCUT2D eigenvalue weighted by Crippen LogP contribution is -2.42. The molecule has 2 heterocycles. The summed E-state index contributed by atoms with van der Waals surface area (Å²) in [6.45, 7) is 1.32. The number of ether oxygens (including phenoxy) is 2. The van der Waals surface area contributed by atoms with Crippen molar-refractivity contribution in [2.75, 3.05) is 20.2 Å². The Balaban J connectivity index is 1.54. The fraction of sp³-hybridized carbons (Fsp3) is 0.333. The lowest BCUT2D eigenvalue weighted by Gasteiger charge is -2.32. The molecule has 0 N–H and O–H groups in total. The van der Waals surface area contributed by atoms with Gasteiger partial charge in [0.15, 0.2) is 0 Å². The van der Waals surface area contributed by atoms with Gasteiger partial charge in [-0.2, -0.15) is 0 Å². The van der Waals surface area contributed by atoms with Gasteiger partial charge in [0.1, 0.15) is 23.3 Å². The zero-order valence-corrected chi connectivity index (χ0v) is 14.2. The number of benzene rings is 1. The molecular formula is C18H19ClN2O3. The molecule has 1 aromatic heterocycles. The van der Waals surface area contributed by atoms with Gasteiger partial charge < -0.3 is 14.4 Å². The molecule has 0 bridgehead atoms. The molecule has 1 saturated heterocycles. The summed E-state index contributed by atoms with van der Waals surface area (Å²) in [5, 5.41) is 0.690. The highest BCUT2D eigenvalue weighted by molar-refractivity contribution is 6.30. The van der Waals surface area contributed by atoms with Crippen LogP contribution in [-0.2, 0) is 0 Å². The zero-order chi connectivity index (χ0) is 16.9. The first-order valence-electron chi connectivity index (χ1n) is 7.87. The van der Waals surface area contributed by atoms with Gasteiger partial charge in [0.05, 0.1) is 13.3 Å². The van der Waals surface area contributed by atoms with E-state index in [0.717, 1.165) is 18.6 Å². The molecule has 1 aliphatic rings. The highest BCUT2D eigenvalue weighted by Crippen LogP contribution is 2.22. The molecule has 1 amide bonds. The average molecular weight is 347 g/mol. The van der Waals surface area contributed by atoms with Gasteiger partial charge in [0, 0.05) is 31.0 Å². The van der Waals surface area contributed by atoms with E-state index in [1.54, 1.807) is 25.4 Å². The number of methoxy groups -OCH3 is 1. The van der Waals surface area contributed by atoms with Crippen molar-refractivity contribution in [1.29, 1.82) is 0 Å². The molecule has 0 spiro atoms. The van der Waals surface area contributed by atoms with Crippen molar-refractivity contribution in [3.8, 4) is 11.5 Å². The van der Waals surface area contributed by atoms with Crippen molar-refractivity contribution in [2.24, 2.45) is 0 Å². The largest absolute Gasteiger partial charge is 0.495 e. The normalized spacial score (nSPS) is 15.2. The summed E-state index contributed by atoms with van der Waals surface area (Å²) >= 11 is 5.87. The predicted octanol–water partition coefficient (Wildman–Crippen LogP) is 3.43. The second-order valence-electron chi connectivity index (χ2n) is 5.65. The molecule has 1 fully saturated rings. The third-order valence-electron chi connectivity index (χ3n) is 4.04. The smallest absolute Gasteiger partial charge is 0.272 e. The lowest BCUT2D eigenvalue weighted by atomic mass is 10.1. The van der Waals surface area contributed by atoms with Crippen molar-refractivity contribution < 1.29 is 14.3 Å². The maximum atomic E-state index is 12.5. The van der Waals surface area contributed by atoms with Crippen LogP contribution in [0.2, 0.25) is 5.02 Å². The van der Waals surface area contributed by atoms with E-state index in [4.69, 9.17) is 21.1 Å². The first-order chi connectivity index (χ1) is 11.7. The van der Waals surface area contributed by atoms with Crippen LogP contribution in [0.3, 0.4) is 0 Å². The van der Waals surface area contributed by atoms with Crippen LogP contribution in [0.4, 0.5) is 0 Å². The van der Waals surface area contributed by atoms with E-state index in [1.807, 2.05) is 29.2 Å². The molecule has 0 radical (unpaired) electrons. The molecule has 1 aromatic carbocycles. The number of pyridine rings is 1. The van der Waals surface area contributed by atoms with Crippen LogP contribution in [0, 0.1) is 0 Å². The molecular weight excluding hydrogens is 328 g/mol. The summed E-state index contributed by atoms with van der Waals surface area (Å²) in [6.07, 6.45) is 3.26. The maximum Gasteiger partial charge on any atom is 0.272 e. The van der Waals surface area contributed by atoms with E-state index in [1.165, 1.54) is 0 Å². The van der Waals surface area contributed by atoms with Gasteiger partial charge >= 0.3 is 0 Å². The first-order valence-corrected chi connectivity index (χ1v) is 8.25. The quantitative estimate of drug-likeness (QED) is 0.851. The minimum absolute atomic E-state index is 0.0532. The highest BCUT2D eigenvalue weighted by atomic mass is 35.5. The van der Waals surface area contributed by atoms with Crippen LogP contribution >= 0.6 is 11.6 Å². The molecule has 0 atom stereocenters. The zero-order valence-electron chi connectivity index (χ0n) is 13.4. The van der Waals surface area contributed by atoms with E-state index >= 15 is 0 Å². The number of rotatable bonds is 4. The van der Waals surface area contributed by atoms with Gasteiger partial charge in [-0.25, -0.2) is 4.98 Å². The number of halogens is 1. The molecule has 2 aromatic rings. The summed E-state index contributed by atoms with van der Waals surface area (Å²) in [5.74, 6) is 1.39. The Bertz CT molecular complexity index is 680. The van der Waals surface area contributed by atoms with Crippen LogP contribution in [0.1, 0.15) is 23.3 Å². The Morgan fingerprint density at radius 3 is 2.38 bits per heavy atom. The van der Waals surface area contributed by atoms with Crippen molar-refractivity contribution in [2.45, 2.75) is 18.9 Å². The SMILES string of the molecule is COc1ccc(C(=O)N2CCC(Oc3ccc(Cl)cc3)CC2)nc1. The van der Waals surface area contributed by atoms with Crippen LogP contribution in [-0.4, -0.2) is 42.1 Å². The number of hydrogen-bond acceptors (Lipinski definition) is 4. The Hall–Kier alpha value is -2.27. The lowest BCUT2D eigenvalue weighted by molar-refractivity contribution is 0.0590. The third-order valence-corrected chi connectivity index (χ3v) is 4.29. The van der Waals surface area contributed by atoms with E-state index in [2.05, 4.69) is 4.98 Å². The summed E-state index contributed by atoms with van der Waals surface area (Å²) in [7, 11) is 1.57. The molecule has 3 rings (SSSR count). The van der Waals surface area contributed by atoms with Crippen molar-refractivity contribution in [1.82, 2.24) is 9.88 Å². The van der Waals surface area contributed by atoms with Crippen molar-refractivity contribution >= 4 is 17.5 Å². The summed E-state index contributed by atoms with van der Waals surface area (Å²) in [4.78, 5) is 18.4. The number of piperidine rings is 1. The van der Waals surface area contributed by atoms with Crippen molar-refractivity contribution in [3.63, 3.8) is 0 Å². The fourth-order valence-corrected chi connectivity index (χ4v) is 2.80. The number of carbonyl (C=O) groups is 1. The summed E-state index contributed by atoms with van der Waals surface area (Å²) in [5.41, 5.74) is 0.438. The van der Waals surface area contributed by atoms with Gasteiger partial charge in [0.25, 0.3) is 5.91 Å². The molecule has 5 nitrogen and oxygen atoms in total. The molecule has 126 valence electrons. The fourth-order valence-electron chi connectivity index (χ4n) is 2.67. The van der Waals surface area contributed by atoms with Crippen LogP contribution < -0.4 is 9.47 Å². The maximum absolute atomic E-state index is 12.5. The minimum atomic E-state index is -0.0532. The molecule has 6 heteroatoms. The number of carbonyl (C=O) groups excluding carboxylic acids is 1. The molecule has 0 unspecified atom stereocenters. The second kappa shape index (κ2) is 7.53. The molecule has 24 heavy (non-hydrogen) atoms. The van der Waals surface area contributed by atoms with Crippen molar-refractivity contribution in [3.05, 3.63) is 53.3 Å². The number of aromatic nitrogens is 1. The minimum Gasteiger partial charge on any atom is -0.495 e. The predicted molar refractivity (Wildman–Crippen MR) is 91.8 cm³/mol. The summed E-state index contributed by atoms with van der Waals surface area (Å²) < 4.78 is 11.0. The van der Waals surface area contributed by atoms with E-state index in [9.17, 15) is 4.79 Å². The third kappa shape index (κ3) is 3.97. The molecule has 0 aliphatic carbocycles. The number of amides is 1. The number of likely N-dealkylation sites (tertiary alicyclic amines) is 1. The molecule has 0 saturated carbocycles. The average Bonchev–Trinajstić information content (AvgIpc) is 2.64. The van der Waals surface area contributed by atoms with Gasteiger partial charge in [-0.1, -0.05) is 11.6 Å². The van der Waals surface area contributed by atoms with E-state index in [0.29, 0.717) is 29.6 Å². The number of nitrogens with zero attached hydrogens (tertiary/aromatic N) is 2. The highest BCUT2D eigenvalue weighted by Gasteiger charge is 2.25. The number of hydrogen-bond donors (Lipinski definition) is 0. The Labute approximate surface area is 146 Å². The van der Waals surface area contributed by atoms with E-state index in [-0.39, 0.29) is 12.0 Å². The van der Waals surface area contributed by atoms with Crippen LogP contribution in [0.25, 0.3) is 0 Å². The van der Waals surface area contributed by atoms with Gasteiger partial charge in [-0.05, 0) is 36.4 Å². The summed E-state index contributed by atoms with van der Waals surface area (Å²) in [6, 6.07) is 10.8. The Morgan fingerprint density at radius 2 is 1.79 bits per heavy atom. The first kappa shape index (κ1) is 16.6. The van der Waals surface area contributed by atoms with Gasteiger partial charge in [0.2, 0.25) is 0 Å². The Morgan fingerprint density at radius 1 is 1.12 bits per heavy atom. The van der Waals surface area contributed by atoms with Crippen LogP contribution in [0.5, 0.6) is 11.5 Å². The standard InChI is InChI=1S/C18H19ClN2O3/c1-23-16-6-7-17(20-12-16)18(22)21-10-8-15(9-11-21)24-14-4-2-13(19)3-5-14/h2-7,12,15H,8-11H2,1H3. The second-order valence-corrected chi connectivity index (χ2v) is 6.08. The van der Waals surface area contributed by atoms with Crippen LogP contribution in [0.15, 0.2) is 42.6 Å². The van der Waals surface area contributed by atoms with E-state index < -0.39 is 0 Å². The van der Waals surface area contributed by atoms with Gasteiger partial charge in [-0.3, -0.25) is 4.79 Å². The monoisotopic (exact) mass is 346 g/mol. The Kier molecular flexibility index (Phi) is 5.20. The molecule has 1 aliphatic heterocycles.